The zero-order valence-electron chi connectivity index (χ0n) is 16.3. The largest absolute Gasteiger partial charge is 0.325 e. The molecule has 1 N–H and O–H groups in total. The number of carbonyl (C=O) groups excluding carboxylic acids is 1. The molecular formula is C21H32ClN3O. The minimum Gasteiger partial charge on any atom is -0.325 e. The Morgan fingerprint density at radius 1 is 1.19 bits per heavy atom. The van der Waals surface area contributed by atoms with Gasteiger partial charge in [0.25, 0.3) is 0 Å². The maximum Gasteiger partial charge on any atom is 0.321 e. The maximum absolute atomic E-state index is 12.5. The van der Waals surface area contributed by atoms with Crippen molar-refractivity contribution in [3.63, 3.8) is 0 Å². The quantitative estimate of drug-likeness (QED) is 0.815. The molecule has 2 heterocycles. The molecule has 144 valence electrons. The van der Waals surface area contributed by atoms with Crippen LogP contribution in [0.4, 0.5) is 10.5 Å². The van der Waals surface area contributed by atoms with Gasteiger partial charge < -0.3 is 15.1 Å². The molecule has 2 aliphatic heterocycles. The van der Waals surface area contributed by atoms with Crippen LogP contribution >= 0.6 is 11.6 Å². The van der Waals surface area contributed by atoms with Crippen molar-refractivity contribution in [3.8, 4) is 0 Å². The Bertz CT molecular complexity index is 618. The van der Waals surface area contributed by atoms with Crippen LogP contribution < -0.4 is 5.32 Å². The van der Waals surface area contributed by atoms with Gasteiger partial charge >= 0.3 is 6.03 Å². The van der Waals surface area contributed by atoms with Crippen LogP contribution in [0.1, 0.15) is 38.7 Å². The number of amides is 2. The minimum atomic E-state index is -0.0329. The number of urea groups is 1. The Morgan fingerprint density at radius 2 is 1.85 bits per heavy atom. The molecule has 1 aromatic carbocycles. The van der Waals surface area contributed by atoms with Gasteiger partial charge in [0, 0.05) is 32.7 Å². The second-order valence-electron chi connectivity index (χ2n) is 8.51. The molecule has 0 aromatic heterocycles. The molecule has 2 saturated heterocycles. The molecule has 0 radical (unpaired) electrons. The van der Waals surface area contributed by atoms with E-state index in [0.717, 1.165) is 43.3 Å². The van der Waals surface area contributed by atoms with Gasteiger partial charge in [0.2, 0.25) is 0 Å². The van der Waals surface area contributed by atoms with Crippen LogP contribution in [0.5, 0.6) is 0 Å². The Morgan fingerprint density at radius 3 is 2.46 bits per heavy atom. The molecule has 0 bridgehead atoms. The van der Waals surface area contributed by atoms with Crippen LogP contribution in [0.25, 0.3) is 0 Å². The van der Waals surface area contributed by atoms with Gasteiger partial charge in [-0.05, 0) is 61.6 Å². The average Bonchev–Trinajstić information content (AvgIpc) is 2.57. The van der Waals surface area contributed by atoms with Crippen molar-refractivity contribution in [2.45, 2.75) is 40.0 Å². The summed E-state index contributed by atoms with van der Waals surface area (Å²) in [5.74, 6) is 2.33. The highest BCUT2D eigenvalue weighted by atomic mass is 35.5. The Balaban J connectivity index is 1.46. The van der Waals surface area contributed by atoms with Crippen molar-refractivity contribution in [1.29, 1.82) is 0 Å². The topological polar surface area (TPSA) is 35.6 Å². The number of aryl methyl sites for hydroxylation is 1. The lowest BCUT2D eigenvalue weighted by molar-refractivity contribution is 0.101. The van der Waals surface area contributed by atoms with Crippen molar-refractivity contribution in [2.75, 3.05) is 38.0 Å². The van der Waals surface area contributed by atoms with E-state index in [1.807, 2.05) is 30.0 Å². The normalized spacial score (nSPS) is 25.3. The lowest BCUT2D eigenvalue weighted by Gasteiger charge is -2.39. The molecule has 5 heteroatoms. The first-order valence-electron chi connectivity index (χ1n) is 9.95. The molecule has 3 rings (SSSR count). The highest BCUT2D eigenvalue weighted by molar-refractivity contribution is 6.33. The molecule has 0 unspecified atom stereocenters. The molecule has 2 amide bonds. The number of carbonyl (C=O) groups is 1. The van der Waals surface area contributed by atoms with E-state index in [-0.39, 0.29) is 6.03 Å². The van der Waals surface area contributed by atoms with Crippen molar-refractivity contribution in [1.82, 2.24) is 9.80 Å². The predicted molar refractivity (Wildman–Crippen MR) is 109 cm³/mol. The molecule has 2 fully saturated rings. The number of hydrogen-bond donors (Lipinski definition) is 1. The molecular weight excluding hydrogens is 346 g/mol. The van der Waals surface area contributed by atoms with Gasteiger partial charge in [0.1, 0.15) is 0 Å². The third-order valence-electron chi connectivity index (χ3n) is 5.73. The van der Waals surface area contributed by atoms with E-state index in [0.29, 0.717) is 16.6 Å². The van der Waals surface area contributed by atoms with E-state index >= 15 is 0 Å². The molecule has 4 nitrogen and oxygen atoms in total. The second-order valence-corrected chi connectivity index (χ2v) is 8.92. The summed E-state index contributed by atoms with van der Waals surface area (Å²) in [5.41, 5.74) is 1.79. The van der Waals surface area contributed by atoms with E-state index in [1.54, 1.807) is 0 Å². The van der Waals surface area contributed by atoms with Gasteiger partial charge in [-0.1, -0.05) is 31.5 Å². The zero-order chi connectivity index (χ0) is 18.7. The van der Waals surface area contributed by atoms with E-state index in [2.05, 4.69) is 24.1 Å². The number of nitrogens with zero attached hydrogens (tertiary/aromatic N) is 2. The first kappa shape index (κ1) is 19.5. The first-order valence-corrected chi connectivity index (χ1v) is 10.3. The smallest absolute Gasteiger partial charge is 0.321 e. The number of hydrogen-bond acceptors (Lipinski definition) is 2. The summed E-state index contributed by atoms with van der Waals surface area (Å²) in [6.07, 6.45) is 3.54. The maximum atomic E-state index is 12.5. The molecule has 2 atom stereocenters. The fraction of sp³-hybridized carbons (Fsp3) is 0.667. The molecule has 2 aliphatic rings. The standard InChI is InChI=1S/C21H32ClN3O/c1-15-4-5-20(19(22)11-15)23-21(26)25-8-6-18(7-9-25)14-24-12-16(2)10-17(3)13-24/h4-5,11,16-18H,6-10,12-14H2,1-3H3,(H,23,26)/t16-,17-/m1/s1. The third kappa shape index (κ3) is 5.14. The van der Waals surface area contributed by atoms with Crippen LogP contribution in [0.3, 0.4) is 0 Å². The van der Waals surface area contributed by atoms with Crippen LogP contribution in [-0.4, -0.2) is 48.6 Å². The van der Waals surface area contributed by atoms with Gasteiger partial charge in [-0.25, -0.2) is 4.79 Å². The summed E-state index contributed by atoms with van der Waals surface area (Å²) in [6.45, 7) is 12.0. The monoisotopic (exact) mass is 377 g/mol. The van der Waals surface area contributed by atoms with Gasteiger partial charge in [-0.15, -0.1) is 0 Å². The van der Waals surface area contributed by atoms with Crippen LogP contribution in [0.2, 0.25) is 5.02 Å². The van der Waals surface area contributed by atoms with Gasteiger partial charge in [-0.3, -0.25) is 0 Å². The Kier molecular flexibility index (Phi) is 6.46. The highest BCUT2D eigenvalue weighted by Gasteiger charge is 2.27. The van der Waals surface area contributed by atoms with Crippen LogP contribution in [0, 0.1) is 24.7 Å². The molecule has 26 heavy (non-hydrogen) atoms. The second kappa shape index (κ2) is 8.62. The SMILES string of the molecule is Cc1ccc(NC(=O)N2CCC(CN3C[C@H](C)C[C@@H](C)C3)CC2)c(Cl)c1. The van der Waals surface area contributed by atoms with Crippen molar-refractivity contribution in [2.24, 2.45) is 17.8 Å². The summed E-state index contributed by atoms with van der Waals surface area (Å²) in [7, 11) is 0. The number of likely N-dealkylation sites (tertiary alicyclic amines) is 2. The van der Waals surface area contributed by atoms with Gasteiger partial charge in [0.05, 0.1) is 10.7 Å². The van der Waals surface area contributed by atoms with Crippen LogP contribution in [-0.2, 0) is 0 Å². The highest BCUT2D eigenvalue weighted by Crippen LogP contribution is 2.26. The first-order chi connectivity index (χ1) is 12.4. The van der Waals surface area contributed by atoms with Gasteiger partial charge in [0.15, 0.2) is 0 Å². The van der Waals surface area contributed by atoms with E-state index in [9.17, 15) is 4.79 Å². The molecule has 0 aliphatic carbocycles. The number of piperidine rings is 2. The fourth-order valence-corrected chi connectivity index (χ4v) is 4.82. The van der Waals surface area contributed by atoms with E-state index in [4.69, 9.17) is 11.6 Å². The number of nitrogens with one attached hydrogen (secondary N) is 1. The summed E-state index contributed by atoms with van der Waals surface area (Å²) >= 11 is 6.23. The van der Waals surface area contributed by atoms with Crippen LogP contribution in [0.15, 0.2) is 18.2 Å². The molecule has 0 saturated carbocycles. The lowest BCUT2D eigenvalue weighted by Crippen LogP contribution is -2.46. The fourth-order valence-electron chi connectivity index (χ4n) is 4.54. The average molecular weight is 378 g/mol. The molecule has 0 spiro atoms. The summed E-state index contributed by atoms with van der Waals surface area (Å²) in [6, 6.07) is 5.69. The van der Waals surface area contributed by atoms with E-state index < -0.39 is 0 Å². The number of rotatable bonds is 3. The minimum absolute atomic E-state index is 0.0329. The number of anilines is 1. The lowest BCUT2D eigenvalue weighted by atomic mass is 9.89. The summed E-state index contributed by atoms with van der Waals surface area (Å²) in [5, 5.41) is 3.56. The predicted octanol–water partition coefficient (Wildman–Crippen LogP) is 4.87. The molecule has 1 aromatic rings. The van der Waals surface area contributed by atoms with Gasteiger partial charge in [-0.2, -0.15) is 0 Å². The Hall–Kier alpha value is -1.26. The summed E-state index contributed by atoms with van der Waals surface area (Å²) < 4.78 is 0. The van der Waals surface area contributed by atoms with Crippen molar-refractivity contribution < 1.29 is 4.79 Å². The summed E-state index contributed by atoms with van der Waals surface area (Å²) in [4.78, 5) is 17.1. The zero-order valence-corrected chi connectivity index (χ0v) is 17.1. The van der Waals surface area contributed by atoms with Crippen molar-refractivity contribution in [3.05, 3.63) is 28.8 Å². The number of halogens is 1. The number of benzene rings is 1. The Labute approximate surface area is 162 Å². The third-order valence-corrected chi connectivity index (χ3v) is 6.04. The van der Waals surface area contributed by atoms with E-state index in [1.165, 1.54) is 26.1 Å². The van der Waals surface area contributed by atoms with Crippen molar-refractivity contribution >= 4 is 23.3 Å².